The lowest BCUT2D eigenvalue weighted by atomic mass is 10.0. The van der Waals surface area contributed by atoms with Crippen LogP contribution in [0.2, 0.25) is 0 Å². The van der Waals surface area contributed by atoms with Gasteiger partial charge in [-0.15, -0.1) is 0 Å². The molecule has 2 nitrogen and oxygen atoms in total. The van der Waals surface area contributed by atoms with Gasteiger partial charge in [0.15, 0.2) is 0 Å². The zero-order valence-electron chi connectivity index (χ0n) is 11.6. The molecule has 0 spiro atoms. The number of aryl methyl sites for hydroxylation is 1. The van der Waals surface area contributed by atoms with Crippen LogP contribution in [0.25, 0.3) is 0 Å². The first kappa shape index (κ1) is 16.5. The van der Waals surface area contributed by atoms with E-state index in [0.29, 0.717) is 12.0 Å². The molecule has 0 saturated carbocycles. The number of carbonyl (C=O) groups excluding carboxylic acids is 1. The van der Waals surface area contributed by atoms with E-state index in [0.717, 1.165) is 5.56 Å². The molecule has 1 aromatic rings. The molecule has 111 valence electrons. The number of hydrogen-bond donors (Lipinski definition) is 1. The maximum atomic E-state index is 12.0. The lowest BCUT2D eigenvalue weighted by molar-refractivity contribution is -0.137. The minimum absolute atomic E-state index is 0.0698. The van der Waals surface area contributed by atoms with Crippen molar-refractivity contribution in [3.8, 4) is 0 Å². The third-order valence-electron chi connectivity index (χ3n) is 2.99. The molecule has 1 rings (SSSR count). The Morgan fingerprint density at radius 1 is 1.30 bits per heavy atom. The van der Waals surface area contributed by atoms with Crippen LogP contribution in [0.4, 0.5) is 13.2 Å². The second-order valence-electron chi connectivity index (χ2n) is 5.04. The van der Waals surface area contributed by atoms with Crippen molar-refractivity contribution in [3.05, 3.63) is 41.9 Å². The Labute approximate surface area is 117 Å². The van der Waals surface area contributed by atoms with Gasteiger partial charge in [0.25, 0.3) is 5.91 Å². The van der Waals surface area contributed by atoms with Gasteiger partial charge >= 0.3 is 6.18 Å². The van der Waals surface area contributed by atoms with Crippen LogP contribution in [0.15, 0.2) is 24.3 Å². The van der Waals surface area contributed by atoms with Crippen molar-refractivity contribution in [1.29, 1.82) is 0 Å². The van der Waals surface area contributed by atoms with E-state index >= 15 is 0 Å². The van der Waals surface area contributed by atoms with Gasteiger partial charge in [0, 0.05) is 18.5 Å². The minimum Gasteiger partial charge on any atom is -0.347 e. The van der Waals surface area contributed by atoms with E-state index in [4.69, 9.17) is 0 Å². The predicted octanol–water partition coefficient (Wildman–Crippen LogP) is 4.26. The summed E-state index contributed by atoms with van der Waals surface area (Å²) in [5.41, 5.74) is 1.60. The van der Waals surface area contributed by atoms with Crippen LogP contribution in [0.3, 0.4) is 0 Å². The molecular weight excluding hydrogens is 267 g/mol. The number of amides is 1. The molecule has 0 aromatic heterocycles. The fourth-order valence-corrected chi connectivity index (χ4v) is 1.67. The van der Waals surface area contributed by atoms with Crippen LogP contribution in [0.1, 0.15) is 42.1 Å². The largest absolute Gasteiger partial charge is 0.389 e. The molecule has 0 bridgehead atoms. The third-order valence-corrected chi connectivity index (χ3v) is 2.99. The van der Waals surface area contributed by atoms with Gasteiger partial charge in [-0.3, -0.25) is 4.79 Å². The first-order chi connectivity index (χ1) is 9.28. The highest BCUT2D eigenvalue weighted by molar-refractivity contribution is 5.94. The van der Waals surface area contributed by atoms with E-state index < -0.39 is 12.6 Å². The molecule has 0 aliphatic rings. The fraction of sp³-hybridized carbons (Fsp3) is 0.467. The van der Waals surface area contributed by atoms with Crippen molar-refractivity contribution in [3.63, 3.8) is 0 Å². The standard InChI is InChI=1S/C15H19F3NO/c1-11-3-5-13(6-4-11)14(20)19-10-8-12(2)7-9-15(16,17)18/h3-6,10,12H,7-9H2,1-2H3,(H,19,20). The van der Waals surface area contributed by atoms with Crippen molar-refractivity contribution in [2.75, 3.05) is 0 Å². The summed E-state index contributed by atoms with van der Waals surface area (Å²) in [6, 6.07) is 7.10. The van der Waals surface area contributed by atoms with E-state index in [1.165, 1.54) is 6.54 Å². The number of benzene rings is 1. The second kappa shape index (κ2) is 7.31. The van der Waals surface area contributed by atoms with Gasteiger partial charge < -0.3 is 5.32 Å². The summed E-state index contributed by atoms with van der Waals surface area (Å²) in [4.78, 5) is 11.7. The first-order valence-electron chi connectivity index (χ1n) is 6.54. The lowest BCUT2D eigenvalue weighted by Crippen LogP contribution is -2.21. The Balaban J connectivity index is 2.26. The Hall–Kier alpha value is -1.52. The van der Waals surface area contributed by atoms with Gasteiger partial charge in [-0.25, -0.2) is 0 Å². The Bertz CT molecular complexity index is 426. The molecule has 0 heterocycles. The number of carbonyl (C=O) groups is 1. The molecule has 0 saturated heterocycles. The highest BCUT2D eigenvalue weighted by Gasteiger charge is 2.27. The summed E-state index contributed by atoms with van der Waals surface area (Å²) in [6.07, 6.45) is -4.40. The zero-order valence-corrected chi connectivity index (χ0v) is 11.6. The molecule has 1 radical (unpaired) electrons. The van der Waals surface area contributed by atoms with Crippen LogP contribution in [-0.4, -0.2) is 12.1 Å². The molecule has 20 heavy (non-hydrogen) atoms. The van der Waals surface area contributed by atoms with E-state index in [-0.39, 0.29) is 18.2 Å². The number of alkyl halides is 3. The molecule has 1 atom stereocenters. The monoisotopic (exact) mass is 286 g/mol. The summed E-state index contributed by atoms with van der Waals surface area (Å²) < 4.78 is 36.1. The Kier molecular flexibility index (Phi) is 6.05. The first-order valence-corrected chi connectivity index (χ1v) is 6.54. The van der Waals surface area contributed by atoms with Crippen LogP contribution >= 0.6 is 0 Å². The average Bonchev–Trinajstić information content (AvgIpc) is 2.36. The maximum Gasteiger partial charge on any atom is 0.389 e. The normalized spacial score (nSPS) is 13.1. The minimum atomic E-state index is -4.11. The van der Waals surface area contributed by atoms with Crippen LogP contribution in [-0.2, 0) is 0 Å². The Morgan fingerprint density at radius 3 is 2.45 bits per heavy atom. The van der Waals surface area contributed by atoms with E-state index in [1.807, 2.05) is 19.1 Å². The van der Waals surface area contributed by atoms with Crippen molar-refractivity contribution in [2.24, 2.45) is 5.92 Å². The summed E-state index contributed by atoms with van der Waals surface area (Å²) in [7, 11) is 0. The van der Waals surface area contributed by atoms with Crippen molar-refractivity contribution < 1.29 is 18.0 Å². The van der Waals surface area contributed by atoms with Crippen LogP contribution in [0.5, 0.6) is 0 Å². The van der Waals surface area contributed by atoms with Crippen LogP contribution in [0, 0.1) is 19.4 Å². The van der Waals surface area contributed by atoms with Gasteiger partial charge in [-0.05, 0) is 37.8 Å². The molecular formula is C15H19F3NO. The number of halogens is 3. The summed E-state index contributed by atoms with van der Waals surface area (Å²) in [5, 5.41) is 2.60. The predicted molar refractivity (Wildman–Crippen MR) is 72.0 cm³/mol. The van der Waals surface area contributed by atoms with E-state index in [1.54, 1.807) is 19.1 Å². The highest BCUT2D eigenvalue weighted by Crippen LogP contribution is 2.25. The molecule has 0 fully saturated rings. The van der Waals surface area contributed by atoms with Gasteiger partial charge in [0.2, 0.25) is 0 Å². The van der Waals surface area contributed by atoms with Gasteiger partial charge in [0.05, 0.1) is 0 Å². The zero-order chi connectivity index (χ0) is 15.2. The van der Waals surface area contributed by atoms with Gasteiger partial charge in [-0.1, -0.05) is 24.6 Å². The quantitative estimate of drug-likeness (QED) is 0.832. The van der Waals surface area contributed by atoms with Crippen molar-refractivity contribution in [2.45, 2.75) is 39.3 Å². The van der Waals surface area contributed by atoms with Crippen LogP contribution < -0.4 is 5.32 Å². The molecule has 1 unspecified atom stereocenters. The van der Waals surface area contributed by atoms with Crippen molar-refractivity contribution in [1.82, 2.24) is 5.32 Å². The molecule has 0 aliphatic carbocycles. The maximum absolute atomic E-state index is 12.0. The number of hydrogen-bond acceptors (Lipinski definition) is 1. The SMILES string of the molecule is Cc1ccc(C(=O)N[CH]CC(C)CCC(F)(F)F)cc1. The molecule has 5 heteroatoms. The van der Waals surface area contributed by atoms with Crippen molar-refractivity contribution >= 4 is 5.91 Å². The van der Waals surface area contributed by atoms with E-state index in [9.17, 15) is 18.0 Å². The number of nitrogens with one attached hydrogen (secondary N) is 1. The summed E-state index contributed by atoms with van der Waals surface area (Å²) in [6.45, 7) is 5.19. The highest BCUT2D eigenvalue weighted by atomic mass is 19.4. The second-order valence-corrected chi connectivity index (χ2v) is 5.04. The summed E-state index contributed by atoms with van der Waals surface area (Å²) in [5.74, 6) is -0.358. The molecule has 0 aliphatic heterocycles. The fourth-order valence-electron chi connectivity index (χ4n) is 1.67. The summed E-state index contributed by atoms with van der Waals surface area (Å²) >= 11 is 0. The average molecular weight is 286 g/mol. The molecule has 1 aromatic carbocycles. The molecule has 1 amide bonds. The third kappa shape index (κ3) is 6.59. The smallest absolute Gasteiger partial charge is 0.347 e. The topological polar surface area (TPSA) is 29.1 Å². The number of rotatable bonds is 6. The van der Waals surface area contributed by atoms with Gasteiger partial charge in [-0.2, -0.15) is 13.2 Å². The van der Waals surface area contributed by atoms with E-state index in [2.05, 4.69) is 5.32 Å². The Morgan fingerprint density at radius 2 is 1.90 bits per heavy atom. The molecule has 1 N–H and O–H groups in total. The lowest BCUT2D eigenvalue weighted by Gasteiger charge is -2.13. The van der Waals surface area contributed by atoms with Gasteiger partial charge in [0.1, 0.15) is 0 Å².